The van der Waals surface area contributed by atoms with Crippen LogP contribution in [0.4, 0.5) is 5.13 Å². The molecule has 7 nitrogen and oxygen atoms in total. The number of nitrogens with one attached hydrogen (secondary N) is 1. The molecule has 1 N–H and O–H groups in total. The highest BCUT2D eigenvalue weighted by atomic mass is 32.2. The van der Waals surface area contributed by atoms with Gasteiger partial charge in [0.25, 0.3) is 0 Å². The van der Waals surface area contributed by atoms with E-state index in [1.165, 1.54) is 11.3 Å². The van der Waals surface area contributed by atoms with Gasteiger partial charge in [-0.05, 0) is 24.6 Å². The Balaban J connectivity index is 2.07. The van der Waals surface area contributed by atoms with E-state index in [1.807, 2.05) is 6.92 Å². The Morgan fingerprint density at radius 1 is 1.22 bits per heavy atom. The van der Waals surface area contributed by atoms with Crippen LogP contribution in [0.25, 0.3) is 11.3 Å². The summed E-state index contributed by atoms with van der Waals surface area (Å²) < 4.78 is 34.5. The largest absolute Gasteiger partial charge is 0.497 e. The summed E-state index contributed by atoms with van der Waals surface area (Å²) in [5.41, 5.74) is 1.33. The summed E-state index contributed by atoms with van der Waals surface area (Å²) in [6, 6.07) is 5.34. The second-order valence-corrected chi connectivity index (χ2v) is 8.99. The van der Waals surface area contributed by atoms with E-state index in [-0.39, 0.29) is 5.75 Å². The molecule has 1 amide bonds. The van der Waals surface area contributed by atoms with Crippen molar-refractivity contribution in [1.82, 2.24) is 4.98 Å². The van der Waals surface area contributed by atoms with Gasteiger partial charge in [0.1, 0.15) is 17.3 Å². The van der Waals surface area contributed by atoms with Gasteiger partial charge in [0.05, 0.1) is 25.7 Å². The Morgan fingerprint density at radius 2 is 2.00 bits per heavy atom. The van der Waals surface area contributed by atoms with Crippen molar-refractivity contribution in [2.75, 3.05) is 31.0 Å². The molecule has 9 heteroatoms. The molecule has 0 aliphatic heterocycles. The predicted octanol–water partition coefficient (Wildman–Crippen LogP) is 3.37. The Kier molecular flexibility index (Phi) is 7.61. The molecule has 2 aromatic rings. The van der Waals surface area contributed by atoms with Gasteiger partial charge in [0.15, 0.2) is 15.0 Å². The number of thiazole rings is 1. The summed E-state index contributed by atoms with van der Waals surface area (Å²) in [5, 5.41) is 4.67. The highest BCUT2D eigenvalue weighted by Gasteiger charge is 2.18. The van der Waals surface area contributed by atoms with Crippen LogP contribution in [0, 0.1) is 0 Å². The molecule has 0 unspecified atom stereocenters. The summed E-state index contributed by atoms with van der Waals surface area (Å²) in [7, 11) is -0.282. The van der Waals surface area contributed by atoms with Crippen molar-refractivity contribution < 1.29 is 22.7 Å². The molecule has 0 aliphatic rings. The number of carbonyl (C=O) groups is 1. The van der Waals surface area contributed by atoms with Crippen molar-refractivity contribution in [1.29, 1.82) is 0 Å². The molecule has 0 saturated heterocycles. The van der Waals surface area contributed by atoms with Crippen LogP contribution in [0.3, 0.4) is 0 Å². The number of rotatable bonds is 10. The number of hydrogen-bond donors (Lipinski definition) is 1. The first-order valence-corrected chi connectivity index (χ1v) is 11.3. The number of carbonyl (C=O) groups excluding carboxylic acids is 1. The monoisotopic (exact) mass is 412 g/mol. The van der Waals surface area contributed by atoms with Crippen molar-refractivity contribution in [2.45, 2.75) is 26.2 Å². The van der Waals surface area contributed by atoms with Crippen LogP contribution in [-0.4, -0.2) is 45.0 Å². The zero-order valence-electron chi connectivity index (χ0n) is 15.6. The number of aromatic nitrogens is 1. The fraction of sp³-hybridized carbons (Fsp3) is 0.444. The minimum Gasteiger partial charge on any atom is -0.497 e. The normalized spacial score (nSPS) is 11.2. The number of sulfone groups is 1. The van der Waals surface area contributed by atoms with E-state index >= 15 is 0 Å². The second kappa shape index (κ2) is 9.70. The fourth-order valence-electron chi connectivity index (χ4n) is 2.47. The van der Waals surface area contributed by atoms with Crippen molar-refractivity contribution >= 4 is 32.2 Å². The standard InChI is InChI=1S/C18H24N2O5S2/c1-4-5-6-9-27(22,23)12-17(21)20-18-19-15(11-26-18)14-10-13(24-2)7-8-16(14)25-3/h7-8,10-11H,4-6,9,12H2,1-3H3,(H,19,20,21). The first-order valence-electron chi connectivity index (χ1n) is 8.56. The molecule has 1 aromatic carbocycles. The summed E-state index contributed by atoms with van der Waals surface area (Å²) in [4.78, 5) is 16.4. The van der Waals surface area contributed by atoms with Crippen molar-refractivity contribution in [3.63, 3.8) is 0 Å². The van der Waals surface area contributed by atoms with E-state index in [0.29, 0.717) is 28.7 Å². The van der Waals surface area contributed by atoms with E-state index in [0.717, 1.165) is 18.4 Å². The second-order valence-electron chi connectivity index (χ2n) is 5.95. The molecule has 0 aliphatic carbocycles. The molecule has 0 bridgehead atoms. The van der Waals surface area contributed by atoms with Gasteiger partial charge in [-0.25, -0.2) is 13.4 Å². The number of unbranched alkanes of at least 4 members (excludes halogenated alkanes) is 2. The topological polar surface area (TPSA) is 94.6 Å². The van der Waals surface area contributed by atoms with Gasteiger partial charge >= 0.3 is 0 Å². The van der Waals surface area contributed by atoms with Gasteiger partial charge in [0, 0.05) is 10.9 Å². The average molecular weight is 413 g/mol. The third kappa shape index (κ3) is 6.21. The molecule has 148 valence electrons. The molecule has 0 fully saturated rings. The minimum atomic E-state index is -3.41. The van der Waals surface area contributed by atoms with Crippen LogP contribution in [0.15, 0.2) is 23.6 Å². The number of hydrogen-bond acceptors (Lipinski definition) is 7. The van der Waals surface area contributed by atoms with Gasteiger partial charge in [-0.3, -0.25) is 4.79 Å². The van der Waals surface area contributed by atoms with E-state index in [1.54, 1.807) is 37.8 Å². The quantitative estimate of drug-likeness (QED) is 0.601. The first-order chi connectivity index (χ1) is 12.9. The number of amides is 1. The van der Waals surface area contributed by atoms with Crippen LogP contribution in [-0.2, 0) is 14.6 Å². The predicted molar refractivity (Wildman–Crippen MR) is 107 cm³/mol. The van der Waals surface area contributed by atoms with Gasteiger partial charge in [-0.1, -0.05) is 19.8 Å². The zero-order chi connectivity index (χ0) is 19.9. The van der Waals surface area contributed by atoms with Crippen LogP contribution in [0.1, 0.15) is 26.2 Å². The molecule has 1 heterocycles. The Hall–Kier alpha value is -2.13. The number of methoxy groups -OCH3 is 2. The molecular weight excluding hydrogens is 388 g/mol. The highest BCUT2D eigenvalue weighted by molar-refractivity contribution is 7.92. The maximum atomic E-state index is 12.1. The Morgan fingerprint density at radius 3 is 2.67 bits per heavy atom. The van der Waals surface area contributed by atoms with Crippen molar-refractivity contribution in [3.8, 4) is 22.8 Å². The number of ether oxygens (including phenoxy) is 2. The van der Waals surface area contributed by atoms with Gasteiger partial charge in [-0.15, -0.1) is 11.3 Å². The fourth-order valence-corrected chi connectivity index (χ4v) is 4.45. The van der Waals surface area contributed by atoms with E-state index < -0.39 is 21.5 Å². The summed E-state index contributed by atoms with van der Waals surface area (Å²) in [5.74, 6) is 0.192. The summed E-state index contributed by atoms with van der Waals surface area (Å²) in [6.07, 6.45) is 2.33. The van der Waals surface area contributed by atoms with Crippen LogP contribution in [0.5, 0.6) is 11.5 Å². The molecule has 2 rings (SSSR count). The van der Waals surface area contributed by atoms with Gasteiger partial charge in [-0.2, -0.15) is 0 Å². The minimum absolute atomic E-state index is 0.0262. The zero-order valence-corrected chi connectivity index (χ0v) is 17.3. The number of anilines is 1. The average Bonchev–Trinajstić information content (AvgIpc) is 3.08. The maximum absolute atomic E-state index is 12.1. The van der Waals surface area contributed by atoms with Crippen LogP contribution in [0.2, 0.25) is 0 Å². The van der Waals surface area contributed by atoms with Crippen LogP contribution < -0.4 is 14.8 Å². The van der Waals surface area contributed by atoms with E-state index in [2.05, 4.69) is 10.3 Å². The number of benzene rings is 1. The molecule has 0 radical (unpaired) electrons. The first kappa shape index (κ1) is 21.2. The SMILES string of the molecule is CCCCCS(=O)(=O)CC(=O)Nc1nc(-c2cc(OC)ccc2OC)cs1. The Bertz CT molecular complexity index is 878. The highest BCUT2D eigenvalue weighted by Crippen LogP contribution is 2.35. The molecular formula is C18H24N2O5S2. The van der Waals surface area contributed by atoms with Crippen molar-refractivity contribution in [2.24, 2.45) is 0 Å². The lowest BCUT2D eigenvalue weighted by atomic mass is 10.1. The molecule has 1 aromatic heterocycles. The summed E-state index contributed by atoms with van der Waals surface area (Å²) in [6.45, 7) is 2.00. The summed E-state index contributed by atoms with van der Waals surface area (Å²) >= 11 is 1.22. The van der Waals surface area contributed by atoms with Crippen molar-refractivity contribution in [3.05, 3.63) is 23.6 Å². The molecule has 0 spiro atoms. The third-order valence-electron chi connectivity index (χ3n) is 3.84. The lowest BCUT2D eigenvalue weighted by Gasteiger charge is -2.08. The molecule has 27 heavy (non-hydrogen) atoms. The molecule has 0 saturated carbocycles. The van der Waals surface area contributed by atoms with E-state index in [4.69, 9.17) is 9.47 Å². The molecule has 0 atom stereocenters. The number of nitrogens with zero attached hydrogens (tertiary/aromatic N) is 1. The third-order valence-corrected chi connectivity index (χ3v) is 6.21. The maximum Gasteiger partial charge on any atom is 0.241 e. The van der Waals surface area contributed by atoms with E-state index in [9.17, 15) is 13.2 Å². The lowest BCUT2D eigenvalue weighted by Crippen LogP contribution is -2.24. The Labute approximate surface area is 163 Å². The van der Waals surface area contributed by atoms with Crippen LogP contribution >= 0.6 is 11.3 Å². The smallest absolute Gasteiger partial charge is 0.241 e. The van der Waals surface area contributed by atoms with Gasteiger partial charge < -0.3 is 14.8 Å². The lowest BCUT2D eigenvalue weighted by molar-refractivity contribution is -0.113. The van der Waals surface area contributed by atoms with Gasteiger partial charge in [0.2, 0.25) is 5.91 Å².